The molecular formula is C22H26N4O2. The van der Waals surface area contributed by atoms with Gasteiger partial charge >= 0.3 is 6.09 Å². The predicted octanol–water partition coefficient (Wildman–Crippen LogP) is 4.62. The van der Waals surface area contributed by atoms with Crippen LogP contribution in [-0.2, 0) is 4.74 Å². The number of hydrogen-bond acceptors (Lipinski definition) is 5. The van der Waals surface area contributed by atoms with Crippen molar-refractivity contribution in [3.05, 3.63) is 54.6 Å². The fourth-order valence-corrected chi connectivity index (χ4v) is 2.85. The van der Waals surface area contributed by atoms with Crippen LogP contribution in [0.25, 0.3) is 22.0 Å². The first-order valence-electron chi connectivity index (χ1n) is 9.38. The lowest BCUT2D eigenvalue weighted by atomic mass is 10.0. The summed E-state index contributed by atoms with van der Waals surface area (Å²) in [5, 5.41) is 17.0. The highest BCUT2D eigenvalue weighted by Crippen LogP contribution is 2.29. The largest absolute Gasteiger partial charge is 0.444 e. The molecule has 0 saturated carbocycles. The van der Waals surface area contributed by atoms with Crippen molar-refractivity contribution >= 4 is 22.7 Å². The molecule has 1 atom stereocenters. The zero-order valence-electron chi connectivity index (χ0n) is 16.7. The van der Waals surface area contributed by atoms with E-state index in [9.17, 15) is 4.79 Å². The van der Waals surface area contributed by atoms with Gasteiger partial charge in [0.25, 0.3) is 0 Å². The van der Waals surface area contributed by atoms with E-state index in [-0.39, 0.29) is 6.04 Å². The number of carbonyl (C=O) groups excluding carboxylic acids is 1. The van der Waals surface area contributed by atoms with Gasteiger partial charge in [0.05, 0.1) is 0 Å². The van der Waals surface area contributed by atoms with Gasteiger partial charge < -0.3 is 15.4 Å². The Labute approximate surface area is 165 Å². The maximum atomic E-state index is 11.9. The number of anilines is 1. The van der Waals surface area contributed by atoms with Gasteiger partial charge in [-0.1, -0.05) is 54.6 Å². The first kappa shape index (κ1) is 19.6. The average molecular weight is 378 g/mol. The Morgan fingerprint density at radius 3 is 2.32 bits per heavy atom. The summed E-state index contributed by atoms with van der Waals surface area (Å²) >= 11 is 0. The number of ether oxygens (including phenoxy) is 1. The van der Waals surface area contributed by atoms with Crippen LogP contribution in [0.5, 0.6) is 0 Å². The Morgan fingerprint density at radius 2 is 1.64 bits per heavy atom. The van der Waals surface area contributed by atoms with Crippen LogP contribution in [0.4, 0.5) is 10.6 Å². The van der Waals surface area contributed by atoms with Crippen molar-refractivity contribution in [2.75, 3.05) is 11.9 Å². The van der Waals surface area contributed by atoms with Gasteiger partial charge in [0.2, 0.25) is 0 Å². The summed E-state index contributed by atoms with van der Waals surface area (Å²) in [6, 6.07) is 17.9. The van der Waals surface area contributed by atoms with Crippen molar-refractivity contribution in [2.24, 2.45) is 0 Å². The molecule has 2 N–H and O–H groups in total. The smallest absolute Gasteiger partial charge is 0.407 e. The number of amides is 1. The molecule has 0 aliphatic heterocycles. The lowest BCUT2D eigenvalue weighted by molar-refractivity contribution is 0.0511. The molecule has 3 rings (SSSR count). The van der Waals surface area contributed by atoms with E-state index in [4.69, 9.17) is 4.74 Å². The minimum absolute atomic E-state index is 0.135. The fourth-order valence-electron chi connectivity index (χ4n) is 2.85. The third kappa shape index (κ3) is 4.97. The van der Waals surface area contributed by atoms with Gasteiger partial charge in [0, 0.05) is 28.9 Å². The number of nitrogens with zero attached hydrogens (tertiary/aromatic N) is 2. The maximum Gasteiger partial charge on any atom is 0.407 e. The normalized spacial score (nSPS) is 12.4. The van der Waals surface area contributed by atoms with Gasteiger partial charge in [0.1, 0.15) is 11.3 Å². The second-order valence-electron chi connectivity index (χ2n) is 7.74. The van der Waals surface area contributed by atoms with Crippen molar-refractivity contribution in [3.63, 3.8) is 0 Å². The van der Waals surface area contributed by atoms with E-state index in [0.717, 1.165) is 22.0 Å². The van der Waals surface area contributed by atoms with Crippen LogP contribution in [0.3, 0.4) is 0 Å². The van der Waals surface area contributed by atoms with Crippen LogP contribution in [0.15, 0.2) is 54.6 Å². The number of hydrogen-bond donors (Lipinski definition) is 2. The van der Waals surface area contributed by atoms with E-state index in [0.29, 0.717) is 12.4 Å². The van der Waals surface area contributed by atoms with Crippen molar-refractivity contribution < 1.29 is 9.53 Å². The van der Waals surface area contributed by atoms with Gasteiger partial charge in [-0.05, 0) is 27.7 Å². The summed E-state index contributed by atoms with van der Waals surface area (Å²) in [5.74, 6) is 0.688. The summed E-state index contributed by atoms with van der Waals surface area (Å²) in [5.41, 5.74) is 1.35. The summed E-state index contributed by atoms with van der Waals surface area (Å²) in [6.45, 7) is 7.93. The van der Waals surface area contributed by atoms with Gasteiger partial charge in [-0.3, -0.25) is 0 Å². The van der Waals surface area contributed by atoms with Crippen LogP contribution in [0.1, 0.15) is 27.7 Å². The lowest BCUT2D eigenvalue weighted by Crippen LogP contribution is -2.40. The summed E-state index contributed by atoms with van der Waals surface area (Å²) in [7, 11) is 0. The molecule has 0 aliphatic rings. The van der Waals surface area contributed by atoms with E-state index >= 15 is 0 Å². The van der Waals surface area contributed by atoms with Crippen LogP contribution in [0, 0.1) is 0 Å². The zero-order chi connectivity index (χ0) is 20.1. The number of carbonyl (C=O) groups is 1. The molecular weight excluding hydrogens is 352 g/mol. The first-order valence-corrected chi connectivity index (χ1v) is 9.38. The van der Waals surface area contributed by atoms with E-state index in [1.54, 1.807) is 0 Å². The van der Waals surface area contributed by atoms with Crippen molar-refractivity contribution in [2.45, 2.75) is 39.3 Å². The summed E-state index contributed by atoms with van der Waals surface area (Å²) < 4.78 is 5.29. The van der Waals surface area contributed by atoms with Crippen LogP contribution in [0.2, 0.25) is 0 Å². The van der Waals surface area contributed by atoms with Crippen LogP contribution in [-0.4, -0.2) is 34.5 Å². The molecule has 2 aromatic carbocycles. The highest BCUT2D eigenvalue weighted by molar-refractivity contribution is 5.99. The van der Waals surface area contributed by atoms with E-state index < -0.39 is 11.7 Å². The number of benzene rings is 2. The number of aromatic nitrogens is 2. The Kier molecular flexibility index (Phi) is 5.78. The topological polar surface area (TPSA) is 76.1 Å². The number of rotatable bonds is 5. The Morgan fingerprint density at radius 1 is 1.00 bits per heavy atom. The lowest BCUT2D eigenvalue weighted by Gasteiger charge is -2.22. The summed E-state index contributed by atoms with van der Waals surface area (Å²) in [4.78, 5) is 11.9. The molecule has 1 amide bonds. The Bertz CT molecular complexity index is 952. The van der Waals surface area contributed by atoms with Gasteiger partial charge in [-0.2, -0.15) is 0 Å². The molecule has 0 saturated heterocycles. The minimum atomic E-state index is -0.522. The van der Waals surface area contributed by atoms with Gasteiger partial charge in [-0.25, -0.2) is 4.79 Å². The van der Waals surface area contributed by atoms with Gasteiger partial charge in [0.15, 0.2) is 5.82 Å². The van der Waals surface area contributed by atoms with E-state index in [1.165, 1.54) is 0 Å². The maximum absolute atomic E-state index is 11.9. The highest BCUT2D eigenvalue weighted by Gasteiger charge is 2.18. The molecule has 0 spiro atoms. The third-order valence-electron chi connectivity index (χ3n) is 4.07. The predicted molar refractivity (Wildman–Crippen MR) is 112 cm³/mol. The molecule has 6 nitrogen and oxygen atoms in total. The third-order valence-corrected chi connectivity index (χ3v) is 4.07. The Hall–Kier alpha value is -3.15. The number of nitrogens with one attached hydrogen (secondary N) is 2. The molecule has 1 heterocycles. The SMILES string of the molecule is C[C@@H](CNc1nnc(-c2ccccc2)c2ccccc12)NC(=O)OC(C)(C)C. The molecule has 28 heavy (non-hydrogen) atoms. The monoisotopic (exact) mass is 378 g/mol. The molecule has 0 bridgehead atoms. The molecule has 146 valence electrons. The Balaban J connectivity index is 1.75. The minimum Gasteiger partial charge on any atom is -0.444 e. The van der Waals surface area contributed by atoms with E-state index in [2.05, 4.69) is 20.8 Å². The quantitative estimate of drug-likeness (QED) is 0.677. The summed E-state index contributed by atoms with van der Waals surface area (Å²) in [6.07, 6.45) is -0.433. The second-order valence-corrected chi connectivity index (χ2v) is 7.74. The zero-order valence-corrected chi connectivity index (χ0v) is 16.7. The number of alkyl carbamates (subject to hydrolysis) is 1. The fraction of sp³-hybridized carbons (Fsp3) is 0.318. The number of fused-ring (bicyclic) bond motifs is 1. The molecule has 1 aromatic heterocycles. The van der Waals surface area contributed by atoms with E-state index in [1.807, 2.05) is 82.3 Å². The first-order chi connectivity index (χ1) is 13.3. The second kappa shape index (κ2) is 8.25. The van der Waals surface area contributed by atoms with Crippen molar-refractivity contribution in [3.8, 4) is 11.3 Å². The average Bonchev–Trinajstić information content (AvgIpc) is 2.65. The molecule has 0 unspecified atom stereocenters. The highest BCUT2D eigenvalue weighted by atomic mass is 16.6. The molecule has 6 heteroatoms. The van der Waals surface area contributed by atoms with Crippen molar-refractivity contribution in [1.29, 1.82) is 0 Å². The van der Waals surface area contributed by atoms with Crippen molar-refractivity contribution in [1.82, 2.24) is 15.5 Å². The standard InChI is InChI=1S/C22H26N4O2/c1-15(24-21(27)28-22(2,3)4)14-23-20-18-13-9-8-12-17(18)19(25-26-20)16-10-6-5-7-11-16/h5-13,15H,14H2,1-4H3,(H,23,26)(H,24,27)/t15-/m0/s1. The van der Waals surface area contributed by atoms with Gasteiger partial charge in [-0.15, -0.1) is 10.2 Å². The van der Waals surface area contributed by atoms with Crippen LogP contribution < -0.4 is 10.6 Å². The van der Waals surface area contributed by atoms with Crippen LogP contribution >= 0.6 is 0 Å². The molecule has 3 aromatic rings. The molecule has 0 fully saturated rings. The molecule has 0 radical (unpaired) electrons. The molecule has 0 aliphatic carbocycles.